The molecule has 0 atom stereocenters. The number of hydrogen-bond acceptors (Lipinski definition) is 8. The Morgan fingerprint density at radius 1 is 1.16 bits per heavy atom. The summed E-state index contributed by atoms with van der Waals surface area (Å²) in [6.07, 6.45) is 13.6. The van der Waals surface area contributed by atoms with E-state index in [-0.39, 0.29) is 0 Å². The van der Waals surface area contributed by atoms with E-state index < -0.39 is 0 Å². The van der Waals surface area contributed by atoms with Crippen LogP contribution in [0.15, 0.2) is 30.9 Å². The standard InChI is InChI=1S/C21H26N8S.C6H13NO/c1-3-28-13-16(10-23-28)18-11-22-21-20(24-15(2)12-29(18)21)25-19-9-17(26-30-19)14-27-7-5-4-6-8-27;1-6(2)3-4-7-5-8/h9-13H,3-8,14H2,1-2H3,(H,24,25);5-6H,3-4H2,1-2H3,(H,7,8). The second-order valence-corrected chi connectivity index (χ2v) is 10.9. The number of carbonyl (C=O) groups is 1. The minimum Gasteiger partial charge on any atom is -0.359 e. The van der Waals surface area contributed by atoms with Gasteiger partial charge in [-0.15, -0.1) is 0 Å². The van der Waals surface area contributed by atoms with Gasteiger partial charge in [0.15, 0.2) is 11.5 Å². The average molecular weight is 538 g/mol. The van der Waals surface area contributed by atoms with E-state index in [1.807, 2.05) is 36.4 Å². The summed E-state index contributed by atoms with van der Waals surface area (Å²) in [4.78, 5) is 21.5. The summed E-state index contributed by atoms with van der Waals surface area (Å²) in [7, 11) is 0. The van der Waals surface area contributed by atoms with Gasteiger partial charge in [0.2, 0.25) is 6.41 Å². The van der Waals surface area contributed by atoms with Crippen molar-refractivity contribution < 1.29 is 4.79 Å². The third-order valence-corrected chi connectivity index (χ3v) is 7.19. The lowest BCUT2D eigenvalue weighted by atomic mass is 10.1. The normalized spacial score (nSPS) is 13.9. The van der Waals surface area contributed by atoms with Gasteiger partial charge >= 0.3 is 0 Å². The summed E-state index contributed by atoms with van der Waals surface area (Å²) in [5, 5.41) is 11.4. The molecular weight excluding hydrogens is 498 g/mol. The topological polar surface area (TPSA) is 105 Å². The Bertz CT molecular complexity index is 1300. The van der Waals surface area contributed by atoms with Crippen LogP contribution in [0.2, 0.25) is 0 Å². The van der Waals surface area contributed by atoms with E-state index in [0.29, 0.717) is 5.92 Å². The number of nitrogens with zero attached hydrogens (tertiary/aromatic N) is 7. The van der Waals surface area contributed by atoms with Gasteiger partial charge in [-0.1, -0.05) is 20.3 Å². The minimum absolute atomic E-state index is 0.683. The van der Waals surface area contributed by atoms with Crippen LogP contribution in [-0.4, -0.2) is 59.5 Å². The fourth-order valence-electron chi connectivity index (χ4n) is 4.41. The van der Waals surface area contributed by atoms with Gasteiger partial charge in [-0.25, -0.2) is 9.97 Å². The van der Waals surface area contributed by atoms with Crippen molar-refractivity contribution in [2.45, 2.75) is 66.5 Å². The molecule has 1 aliphatic rings. The average Bonchev–Trinajstić information content (AvgIpc) is 3.65. The van der Waals surface area contributed by atoms with Gasteiger partial charge in [0.05, 0.1) is 29.5 Å². The molecule has 1 fully saturated rings. The summed E-state index contributed by atoms with van der Waals surface area (Å²) < 4.78 is 8.65. The second kappa shape index (κ2) is 13.5. The number of hydrogen-bond donors (Lipinski definition) is 2. The second-order valence-electron chi connectivity index (χ2n) is 10.1. The number of fused-ring (bicyclic) bond motifs is 1. The number of aryl methyl sites for hydroxylation is 2. The first-order valence-corrected chi connectivity index (χ1v) is 14.2. The maximum Gasteiger partial charge on any atom is 0.207 e. The molecule has 5 heterocycles. The molecule has 0 saturated carbocycles. The zero-order chi connectivity index (χ0) is 26.9. The third kappa shape index (κ3) is 7.38. The molecule has 5 rings (SSSR count). The molecule has 0 radical (unpaired) electrons. The number of aromatic nitrogens is 6. The fraction of sp³-hybridized carbons (Fsp3) is 0.519. The maximum absolute atomic E-state index is 9.68. The number of likely N-dealkylation sites (tertiary alicyclic amines) is 1. The Labute approximate surface area is 228 Å². The van der Waals surface area contributed by atoms with E-state index in [1.165, 1.54) is 43.9 Å². The highest BCUT2D eigenvalue weighted by molar-refractivity contribution is 7.10. The molecule has 1 saturated heterocycles. The molecule has 2 N–H and O–H groups in total. The summed E-state index contributed by atoms with van der Waals surface area (Å²) in [6.45, 7) is 13.3. The predicted octanol–water partition coefficient (Wildman–Crippen LogP) is 4.89. The van der Waals surface area contributed by atoms with Crippen LogP contribution in [0.5, 0.6) is 0 Å². The van der Waals surface area contributed by atoms with Crippen molar-refractivity contribution >= 4 is 34.4 Å². The molecule has 0 unspecified atom stereocenters. The van der Waals surface area contributed by atoms with Crippen molar-refractivity contribution in [2.75, 3.05) is 25.0 Å². The van der Waals surface area contributed by atoms with Crippen LogP contribution >= 0.6 is 11.5 Å². The van der Waals surface area contributed by atoms with Gasteiger partial charge in [-0.2, -0.15) is 9.47 Å². The SMILES string of the molecule is CC(C)CCNC=O.CCn1cc(-c2cnc3c(Nc4cc(CN5CCCCC5)ns4)nc(C)cn23)cn1. The lowest BCUT2D eigenvalue weighted by molar-refractivity contribution is -0.109. The molecule has 1 amide bonds. The van der Waals surface area contributed by atoms with Crippen molar-refractivity contribution in [3.63, 3.8) is 0 Å². The van der Waals surface area contributed by atoms with E-state index in [4.69, 9.17) is 4.98 Å². The Morgan fingerprint density at radius 2 is 1.97 bits per heavy atom. The summed E-state index contributed by atoms with van der Waals surface area (Å²) in [5.74, 6) is 1.43. The van der Waals surface area contributed by atoms with E-state index in [1.54, 1.807) is 0 Å². The van der Waals surface area contributed by atoms with Crippen molar-refractivity contribution in [1.29, 1.82) is 0 Å². The van der Waals surface area contributed by atoms with Crippen LogP contribution < -0.4 is 10.6 Å². The third-order valence-electron chi connectivity index (χ3n) is 6.45. The van der Waals surface area contributed by atoms with Gasteiger partial charge in [-0.3, -0.25) is 18.8 Å². The number of nitrogens with one attached hydrogen (secondary N) is 2. The number of piperidine rings is 1. The zero-order valence-electron chi connectivity index (χ0n) is 22.9. The lowest BCUT2D eigenvalue weighted by Gasteiger charge is -2.25. The van der Waals surface area contributed by atoms with E-state index in [0.717, 1.165) is 71.6 Å². The molecule has 0 aliphatic carbocycles. The first-order valence-electron chi connectivity index (χ1n) is 13.5. The van der Waals surface area contributed by atoms with E-state index in [2.05, 4.69) is 61.2 Å². The number of anilines is 2. The number of amides is 1. The smallest absolute Gasteiger partial charge is 0.207 e. The van der Waals surface area contributed by atoms with Gasteiger partial charge in [-0.05, 0) is 69.7 Å². The van der Waals surface area contributed by atoms with Crippen molar-refractivity contribution in [3.8, 4) is 11.3 Å². The number of imidazole rings is 1. The largest absolute Gasteiger partial charge is 0.359 e. The molecule has 4 aromatic heterocycles. The van der Waals surface area contributed by atoms with Crippen LogP contribution in [-0.2, 0) is 17.9 Å². The Morgan fingerprint density at radius 3 is 2.68 bits per heavy atom. The predicted molar refractivity (Wildman–Crippen MR) is 153 cm³/mol. The van der Waals surface area contributed by atoms with Gasteiger partial charge in [0, 0.05) is 37.6 Å². The van der Waals surface area contributed by atoms with Crippen LogP contribution in [0, 0.1) is 12.8 Å². The van der Waals surface area contributed by atoms with Crippen molar-refractivity contribution in [2.24, 2.45) is 5.92 Å². The molecule has 4 aromatic rings. The summed E-state index contributed by atoms with van der Waals surface area (Å²) in [5.41, 5.74) is 4.89. The fourth-order valence-corrected chi connectivity index (χ4v) is 5.07. The van der Waals surface area contributed by atoms with Crippen LogP contribution in [0.1, 0.15) is 57.8 Å². The molecule has 1 aliphatic heterocycles. The van der Waals surface area contributed by atoms with Crippen LogP contribution in [0.3, 0.4) is 0 Å². The van der Waals surface area contributed by atoms with Gasteiger partial charge in [0.25, 0.3) is 0 Å². The Hall–Kier alpha value is -3.31. The molecule has 11 heteroatoms. The minimum atomic E-state index is 0.683. The van der Waals surface area contributed by atoms with Crippen LogP contribution in [0.25, 0.3) is 16.9 Å². The monoisotopic (exact) mass is 537 g/mol. The zero-order valence-corrected chi connectivity index (χ0v) is 23.7. The van der Waals surface area contributed by atoms with Crippen molar-refractivity contribution in [1.82, 2.24) is 38.7 Å². The van der Waals surface area contributed by atoms with E-state index >= 15 is 0 Å². The quantitative estimate of drug-likeness (QED) is 0.219. The van der Waals surface area contributed by atoms with Crippen LogP contribution in [0.4, 0.5) is 10.8 Å². The number of carbonyl (C=O) groups excluding carboxylic acids is 1. The highest BCUT2D eigenvalue weighted by Crippen LogP contribution is 2.28. The highest BCUT2D eigenvalue weighted by Gasteiger charge is 2.16. The molecule has 0 bridgehead atoms. The Balaban J connectivity index is 0.000000368. The first kappa shape index (κ1) is 27.7. The summed E-state index contributed by atoms with van der Waals surface area (Å²) in [6, 6.07) is 2.13. The molecule has 38 heavy (non-hydrogen) atoms. The Kier molecular flexibility index (Phi) is 9.83. The number of rotatable bonds is 10. The maximum atomic E-state index is 9.68. The molecule has 10 nitrogen and oxygen atoms in total. The lowest BCUT2D eigenvalue weighted by Crippen LogP contribution is -2.29. The summed E-state index contributed by atoms with van der Waals surface area (Å²) >= 11 is 1.48. The van der Waals surface area contributed by atoms with Crippen molar-refractivity contribution in [3.05, 3.63) is 42.2 Å². The molecule has 0 aromatic carbocycles. The highest BCUT2D eigenvalue weighted by atomic mass is 32.1. The first-order chi connectivity index (χ1) is 18.5. The van der Waals surface area contributed by atoms with E-state index in [9.17, 15) is 4.79 Å². The molecular formula is C27H39N9OS. The molecule has 0 spiro atoms. The molecule has 204 valence electrons. The van der Waals surface area contributed by atoms with Gasteiger partial charge in [0.1, 0.15) is 5.00 Å². The van der Waals surface area contributed by atoms with Gasteiger partial charge < -0.3 is 10.6 Å².